The molecule has 3 amide bonds. The van der Waals surface area contributed by atoms with E-state index in [9.17, 15) is 9.59 Å². The molecule has 2 N–H and O–H groups in total. The van der Waals surface area contributed by atoms with Gasteiger partial charge in [0, 0.05) is 31.2 Å². The average molecular weight is 370 g/mol. The van der Waals surface area contributed by atoms with E-state index in [-0.39, 0.29) is 23.9 Å². The van der Waals surface area contributed by atoms with E-state index >= 15 is 0 Å². The van der Waals surface area contributed by atoms with E-state index in [0.29, 0.717) is 32.5 Å². The number of aromatic nitrogens is 1. The summed E-state index contributed by atoms with van der Waals surface area (Å²) < 4.78 is 0. The highest BCUT2D eigenvalue weighted by atomic mass is 16.2. The molecule has 0 unspecified atom stereocenters. The molecule has 1 saturated heterocycles. The second-order valence-electron chi connectivity index (χ2n) is 7.50. The van der Waals surface area contributed by atoms with Gasteiger partial charge in [0.1, 0.15) is 0 Å². The van der Waals surface area contributed by atoms with E-state index in [1.54, 1.807) is 6.20 Å². The molecule has 6 heteroatoms. The van der Waals surface area contributed by atoms with E-state index in [4.69, 9.17) is 0 Å². The van der Waals surface area contributed by atoms with Crippen molar-refractivity contribution in [3.63, 3.8) is 0 Å². The minimum atomic E-state index is -0.0313. The number of pyridine rings is 1. The zero-order valence-electron chi connectivity index (χ0n) is 16.1. The van der Waals surface area contributed by atoms with Crippen molar-refractivity contribution in [1.82, 2.24) is 20.5 Å². The number of nitrogens with zero attached hydrogens (tertiary/aromatic N) is 2. The molecule has 0 radical (unpaired) electrons. The smallest absolute Gasteiger partial charge is 0.317 e. The zero-order chi connectivity index (χ0) is 19.1. The highest BCUT2D eigenvalue weighted by Gasteiger charge is 2.28. The molecule has 0 spiro atoms. The van der Waals surface area contributed by atoms with Gasteiger partial charge in [-0.25, -0.2) is 4.79 Å². The molecule has 1 aliphatic carbocycles. The molecule has 2 heterocycles. The number of hydrogen-bond donors (Lipinski definition) is 2. The third-order valence-electron chi connectivity index (χ3n) is 5.55. The van der Waals surface area contributed by atoms with Crippen LogP contribution in [-0.2, 0) is 11.3 Å². The lowest BCUT2D eigenvalue weighted by molar-refractivity contribution is -0.126. The van der Waals surface area contributed by atoms with Crippen molar-refractivity contribution in [2.75, 3.05) is 13.1 Å². The summed E-state index contributed by atoms with van der Waals surface area (Å²) in [7, 11) is 0. The fourth-order valence-corrected chi connectivity index (χ4v) is 3.79. The van der Waals surface area contributed by atoms with Crippen LogP contribution in [0.15, 0.2) is 36.0 Å². The van der Waals surface area contributed by atoms with Crippen molar-refractivity contribution in [3.05, 3.63) is 41.7 Å². The van der Waals surface area contributed by atoms with Crippen LogP contribution in [0.2, 0.25) is 0 Å². The molecule has 1 aromatic heterocycles. The van der Waals surface area contributed by atoms with Crippen molar-refractivity contribution >= 4 is 11.9 Å². The third-order valence-corrected chi connectivity index (χ3v) is 5.55. The summed E-state index contributed by atoms with van der Waals surface area (Å²) in [5, 5.41) is 6.08. The van der Waals surface area contributed by atoms with Gasteiger partial charge < -0.3 is 15.5 Å². The molecule has 1 fully saturated rings. The highest BCUT2D eigenvalue weighted by Crippen LogP contribution is 2.21. The lowest BCUT2D eigenvalue weighted by atomic mass is 9.94. The normalized spacial score (nSPS) is 19.1. The summed E-state index contributed by atoms with van der Waals surface area (Å²) in [6.45, 7) is 3.76. The molecular weight excluding hydrogens is 340 g/mol. The number of urea groups is 1. The Morgan fingerprint density at radius 2 is 2.07 bits per heavy atom. The van der Waals surface area contributed by atoms with Crippen LogP contribution in [-0.4, -0.2) is 41.0 Å². The van der Waals surface area contributed by atoms with Gasteiger partial charge >= 0.3 is 6.03 Å². The minimum Gasteiger partial charge on any atom is -0.350 e. The molecular formula is C21H30N4O2. The Balaban J connectivity index is 1.40. The molecule has 3 rings (SSSR count). The van der Waals surface area contributed by atoms with Crippen molar-refractivity contribution in [1.29, 1.82) is 0 Å². The zero-order valence-corrected chi connectivity index (χ0v) is 16.1. The number of amides is 3. The summed E-state index contributed by atoms with van der Waals surface area (Å²) in [4.78, 5) is 30.9. The quantitative estimate of drug-likeness (QED) is 0.783. The van der Waals surface area contributed by atoms with Crippen LogP contribution >= 0.6 is 0 Å². The second kappa shape index (κ2) is 9.53. The van der Waals surface area contributed by atoms with Gasteiger partial charge in [-0.3, -0.25) is 9.78 Å². The molecule has 1 aliphatic heterocycles. The number of carbonyl (C=O) groups excluding carboxylic acids is 2. The molecule has 0 aromatic carbocycles. The number of allylic oxidation sites excluding steroid dienone is 1. The van der Waals surface area contributed by atoms with Gasteiger partial charge in [0.15, 0.2) is 0 Å². The average Bonchev–Trinajstić information content (AvgIpc) is 2.73. The molecule has 6 nitrogen and oxygen atoms in total. The molecule has 27 heavy (non-hydrogen) atoms. The second-order valence-corrected chi connectivity index (χ2v) is 7.50. The maximum Gasteiger partial charge on any atom is 0.317 e. The van der Waals surface area contributed by atoms with Crippen LogP contribution in [0.3, 0.4) is 0 Å². The lowest BCUT2D eigenvalue weighted by Crippen LogP contribution is -2.49. The van der Waals surface area contributed by atoms with Crippen LogP contribution in [0, 0.1) is 5.92 Å². The SMILES string of the molecule is C[C@@H](NC(=O)N1CCC(C(=O)NCc2ccccn2)CC1)C1=CCCCC1. The fraction of sp³-hybridized carbons (Fsp3) is 0.571. The highest BCUT2D eigenvalue weighted by molar-refractivity contribution is 5.79. The Kier molecular flexibility index (Phi) is 6.85. The standard InChI is InChI=1S/C21H30N4O2/c1-16(17-7-3-2-4-8-17)24-21(27)25-13-10-18(11-14-25)20(26)23-15-19-9-5-6-12-22-19/h5-7,9,12,16,18H,2-4,8,10-11,13-15H2,1H3,(H,23,26)(H,24,27)/t16-/m1/s1. The molecule has 0 bridgehead atoms. The predicted octanol–water partition coefficient (Wildman–Crippen LogP) is 3.01. The van der Waals surface area contributed by atoms with E-state index in [1.807, 2.05) is 23.1 Å². The number of nitrogens with one attached hydrogen (secondary N) is 2. The van der Waals surface area contributed by atoms with Gasteiger partial charge in [0.2, 0.25) is 5.91 Å². The van der Waals surface area contributed by atoms with Crippen LogP contribution in [0.4, 0.5) is 4.79 Å². The molecule has 1 aromatic rings. The molecule has 0 saturated carbocycles. The van der Waals surface area contributed by atoms with Gasteiger partial charge in [-0.05, 0) is 57.6 Å². The van der Waals surface area contributed by atoms with Crippen LogP contribution in [0.25, 0.3) is 0 Å². The minimum absolute atomic E-state index is 0.0127. The summed E-state index contributed by atoms with van der Waals surface area (Å²) in [5.74, 6) is 0.0256. The summed E-state index contributed by atoms with van der Waals surface area (Å²) in [5.41, 5.74) is 2.20. The maximum atomic E-state index is 12.5. The fourth-order valence-electron chi connectivity index (χ4n) is 3.79. The topological polar surface area (TPSA) is 74.3 Å². The van der Waals surface area contributed by atoms with Crippen molar-refractivity contribution in [3.8, 4) is 0 Å². The number of hydrogen-bond acceptors (Lipinski definition) is 3. The van der Waals surface area contributed by atoms with Crippen LogP contribution in [0.5, 0.6) is 0 Å². The van der Waals surface area contributed by atoms with Gasteiger partial charge in [0.25, 0.3) is 0 Å². The summed E-state index contributed by atoms with van der Waals surface area (Å²) in [6, 6.07) is 5.75. The Morgan fingerprint density at radius 1 is 1.26 bits per heavy atom. The van der Waals surface area contributed by atoms with Gasteiger partial charge in [-0.1, -0.05) is 17.7 Å². The molecule has 146 valence electrons. The van der Waals surface area contributed by atoms with E-state index in [1.165, 1.54) is 18.4 Å². The van der Waals surface area contributed by atoms with Crippen LogP contribution < -0.4 is 10.6 Å². The largest absolute Gasteiger partial charge is 0.350 e. The van der Waals surface area contributed by atoms with E-state index in [2.05, 4.69) is 28.6 Å². The number of carbonyl (C=O) groups is 2. The third kappa shape index (κ3) is 5.55. The summed E-state index contributed by atoms with van der Waals surface area (Å²) >= 11 is 0. The van der Waals surface area contributed by atoms with E-state index in [0.717, 1.165) is 18.5 Å². The molecule has 1 atom stereocenters. The van der Waals surface area contributed by atoms with Gasteiger partial charge in [-0.2, -0.15) is 0 Å². The number of rotatable bonds is 5. The lowest BCUT2D eigenvalue weighted by Gasteiger charge is -2.33. The first-order valence-electron chi connectivity index (χ1n) is 10.1. The van der Waals surface area contributed by atoms with Crippen molar-refractivity contribution in [2.45, 2.75) is 58.0 Å². The maximum absolute atomic E-state index is 12.5. The number of piperidine rings is 1. The first kappa shape index (κ1) is 19.4. The Bertz CT molecular complexity index is 666. The van der Waals surface area contributed by atoms with Crippen molar-refractivity contribution < 1.29 is 9.59 Å². The van der Waals surface area contributed by atoms with Gasteiger partial charge in [-0.15, -0.1) is 0 Å². The predicted molar refractivity (Wildman–Crippen MR) is 105 cm³/mol. The first-order valence-corrected chi connectivity index (χ1v) is 10.1. The van der Waals surface area contributed by atoms with Crippen molar-refractivity contribution in [2.24, 2.45) is 5.92 Å². The molecule has 2 aliphatic rings. The first-order chi connectivity index (χ1) is 13.1. The van der Waals surface area contributed by atoms with Crippen LogP contribution in [0.1, 0.15) is 51.1 Å². The van der Waals surface area contributed by atoms with E-state index < -0.39 is 0 Å². The van der Waals surface area contributed by atoms with Gasteiger partial charge in [0.05, 0.1) is 12.2 Å². The Hall–Kier alpha value is -2.37. The Morgan fingerprint density at radius 3 is 2.74 bits per heavy atom. The summed E-state index contributed by atoms with van der Waals surface area (Å²) in [6.07, 6.45) is 10.1. The monoisotopic (exact) mass is 370 g/mol. The Labute approximate surface area is 161 Å². The number of likely N-dealkylation sites (tertiary alicyclic amines) is 1.